The van der Waals surface area contributed by atoms with Crippen molar-refractivity contribution in [2.75, 3.05) is 19.4 Å². The highest BCUT2D eigenvalue weighted by atomic mass is 35.5. The summed E-state index contributed by atoms with van der Waals surface area (Å²) in [5.74, 6) is -0.321. The number of para-hydroxylation sites is 1. The molecule has 4 aromatic rings. The van der Waals surface area contributed by atoms with Gasteiger partial charge in [0.2, 0.25) is 0 Å². The lowest BCUT2D eigenvalue weighted by Gasteiger charge is -2.14. The number of aryl methyl sites for hydroxylation is 1. The molecule has 164 valence electrons. The summed E-state index contributed by atoms with van der Waals surface area (Å²) in [6.45, 7) is 1.90. The fourth-order valence-corrected chi connectivity index (χ4v) is 4.09. The lowest BCUT2D eigenvalue weighted by Crippen LogP contribution is -2.22. The highest BCUT2D eigenvalue weighted by Gasteiger charge is 2.15. The third kappa shape index (κ3) is 4.74. The molecule has 32 heavy (non-hydrogen) atoms. The Kier molecular flexibility index (Phi) is 7.12. The van der Waals surface area contributed by atoms with Crippen LogP contribution >= 0.6 is 23.7 Å². The number of nitrogens with zero attached hydrogens (tertiary/aromatic N) is 2. The highest BCUT2D eigenvalue weighted by Crippen LogP contribution is 2.25. The summed E-state index contributed by atoms with van der Waals surface area (Å²) in [4.78, 5) is 27.4. The summed E-state index contributed by atoms with van der Waals surface area (Å²) in [5.41, 5.74) is 4.53. The number of carbonyl (C=O) groups is 2. The number of nitrogens with one attached hydrogen (secondary N) is 2. The van der Waals surface area contributed by atoms with Crippen molar-refractivity contribution >= 4 is 64.3 Å². The fourth-order valence-electron chi connectivity index (χ4n) is 3.27. The van der Waals surface area contributed by atoms with Gasteiger partial charge >= 0.3 is 0 Å². The number of fused-ring (bicyclic) bond motifs is 1. The summed E-state index contributed by atoms with van der Waals surface area (Å²) < 4.78 is 0. The van der Waals surface area contributed by atoms with E-state index in [1.807, 2.05) is 60.9 Å². The van der Waals surface area contributed by atoms with Crippen LogP contribution in [0.5, 0.6) is 0 Å². The Balaban J connectivity index is 0.00000289. The smallest absolute Gasteiger partial charge is 0.266 e. The predicted octanol–water partition coefficient (Wildman–Crippen LogP) is 5.48. The van der Waals surface area contributed by atoms with Gasteiger partial charge in [-0.05, 0) is 53.8 Å². The Morgan fingerprint density at radius 1 is 1.09 bits per heavy atom. The molecule has 2 aromatic heterocycles. The number of carbonyl (C=O) groups excluding carboxylic acids is 2. The number of amides is 2. The van der Waals surface area contributed by atoms with Gasteiger partial charge in [-0.2, -0.15) is 5.10 Å². The van der Waals surface area contributed by atoms with Crippen LogP contribution in [0.15, 0.2) is 53.9 Å². The topological polar surface area (TPSA) is 78.1 Å². The second-order valence-electron chi connectivity index (χ2n) is 7.38. The maximum atomic E-state index is 12.8. The number of aromatic amines is 1. The first-order valence-corrected chi connectivity index (χ1v) is 10.6. The zero-order chi connectivity index (χ0) is 22.0. The van der Waals surface area contributed by atoms with E-state index in [0.717, 1.165) is 27.7 Å². The Morgan fingerprint density at radius 2 is 1.88 bits per heavy atom. The number of hydrogen-bond acceptors (Lipinski definition) is 4. The van der Waals surface area contributed by atoms with E-state index >= 15 is 0 Å². The lowest BCUT2D eigenvalue weighted by molar-refractivity contribution is 0.0827. The molecule has 0 atom stereocenters. The van der Waals surface area contributed by atoms with E-state index in [1.54, 1.807) is 26.2 Å². The van der Waals surface area contributed by atoms with Gasteiger partial charge in [-0.25, -0.2) is 0 Å². The first-order chi connectivity index (χ1) is 14.9. The molecule has 0 aliphatic carbocycles. The van der Waals surface area contributed by atoms with Crippen LogP contribution in [-0.4, -0.2) is 41.0 Å². The summed E-state index contributed by atoms with van der Waals surface area (Å²) in [5, 5.41) is 13.3. The molecule has 0 saturated carbocycles. The molecule has 0 radical (unpaired) electrons. The van der Waals surface area contributed by atoms with Crippen LogP contribution in [0.2, 0.25) is 0 Å². The van der Waals surface area contributed by atoms with Crippen LogP contribution in [-0.2, 0) is 0 Å². The van der Waals surface area contributed by atoms with E-state index in [0.29, 0.717) is 16.1 Å². The Hall–Kier alpha value is -3.42. The third-order valence-corrected chi connectivity index (χ3v) is 5.96. The van der Waals surface area contributed by atoms with E-state index in [-0.39, 0.29) is 24.2 Å². The average Bonchev–Trinajstić information content (AvgIpc) is 3.38. The first-order valence-electron chi connectivity index (χ1n) is 9.76. The largest absolute Gasteiger partial charge is 0.345 e. The van der Waals surface area contributed by atoms with Gasteiger partial charge < -0.3 is 10.2 Å². The van der Waals surface area contributed by atoms with Gasteiger partial charge in [0.1, 0.15) is 0 Å². The molecule has 0 aliphatic rings. The molecule has 0 aliphatic heterocycles. The monoisotopic (exact) mass is 466 g/mol. The SMILES string of the molecule is Cc1ccsc1C(=O)Nc1cc(C(=O)N(C)C)ccc1/C=C/c1n[nH]c2ccccc12.Cl. The number of aromatic nitrogens is 2. The van der Waals surface area contributed by atoms with Gasteiger partial charge in [-0.1, -0.05) is 30.3 Å². The molecular formula is C24H23ClN4O2S. The molecule has 4 rings (SSSR count). The van der Waals surface area contributed by atoms with Gasteiger partial charge in [0.15, 0.2) is 0 Å². The lowest BCUT2D eigenvalue weighted by atomic mass is 10.1. The molecule has 0 bridgehead atoms. The van der Waals surface area contributed by atoms with Crippen molar-refractivity contribution < 1.29 is 9.59 Å². The van der Waals surface area contributed by atoms with Crippen LogP contribution < -0.4 is 5.32 Å². The van der Waals surface area contributed by atoms with Crippen LogP contribution in [0.4, 0.5) is 5.69 Å². The van der Waals surface area contributed by atoms with E-state index in [2.05, 4.69) is 15.5 Å². The zero-order valence-corrected chi connectivity index (χ0v) is 19.5. The third-order valence-electron chi connectivity index (χ3n) is 4.94. The molecular weight excluding hydrogens is 444 g/mol. The summed E-state index contributed by atoms with van der Waals surface area (Å²) >= 11 is 1.39. The van der Waals surface area contributed by atoms with Crippen molar-refractivity contribution in [2.24, 2.45) is 0 Å². The molecule has 2 N–H and O–H groups in total. The zero-order valence-electron chi connectivity index (χ0n) is 17.9. The van der Waals surface area contributed by atoms with Gasteiger partial charge in [0, 0.05) is 30.7 Å². The van der Waals surface area contributed by atoms with E-state index in [9.17, 15) is 9.59 Å². The van der Waals surface area contributed by atoms with Gasteiger partial charge in [0.25, 0.3) is 11.8 Å². The van der Waals surface area contributed by atoms with Crippen molar-refractivity contribution in [3.63, 3.8) is 0 Å². The van der Waals surface area contributed by atoms with Crippen molar-refractivity contribution in [2.45, 2.75) is 6.92 Å². The van der Waals surface area contributed by atoms with Crippen molar-refractivity contribution in [3.05, 3.63) is 81.2 Å². The molecule has 2 heterocycles. The normalized spacial score (nSPS) is 10.8. The van der Waals surface area contributed by atoms with Crippen LogP contribution in [0, 0.1) is 6.92 Å². The number of benzene rings is 2. The highest BCUT2D eigenvalue weighted by molar-refractivity contribution is 7.12. The Bertz CT molecular complexity index is 1310. The van der Waals surface area contributed by atoms with Crippen molar-refractivity contribution in [1.29, 1.82) is 0 Å². The van der Waals surface area contributed by atoms with Gasteiger partial charge in [0.05, 0.1) is 16.1 Å². The number of hydrogen-bond donors (Lipinski definition) is 2. The second-order valence-corrected chi connectivity index (χ2v) is 8.29. The van der Waals surface area contributed by atoms with Crippen LogP contribution in [0.3, 0.4) is 0 Å². The molecule has 6 nitrogen and oxygen atoms in total. The Labute approximate surface area is 196 Å². The quantitative estimate of drug-likeness (QED) is 0.409. The molecule has 0 spiro atoms. The number of thiophene rings is 1. The first kappa shape index (κ1) is 23.2. The molecule has 2 aromatic carbocycles. The van der Waals surface area contributed by atoms with Crippen LogP contribution in [0.25, 0.3) is 23.1 Å². The Morgan fingerprint density at radius 3 is 2.59 bits per heavy atom. The average molecular weight is 467 g/mol. The fraction of sp³-hybridized carbons (Fsp3) is 0.125. The molecule has 0 fully saturated rings. The number of rotatable bonds is 5. The van der Waals surface area contributed by atoms with E-state index in [4.69, 9.17) is 0 Å². The predicted molar refractivity (Wildman–Crippen MR) is 134 cm³/mol. The molecule has 0 saturated heterocycles. The minimum absolute atomic E-state index is 0. The minimum atomic E-state index is -0.193. The summed E-state index contributed by atoms with van der Waals surface area (Å²) in [7, 11) is 3.40. The van der Waals surface area contributed by atoms with Crippen molar-refractivity contribution in [3.8, 4) is 0 Å². The maximum absolute atomic E-state index is 12.8. The number of H-pyrrole nitrogens is 1. The van der Waals surface area contributed by atoms with Crippen molar-refractivity contribution in [1.82, 2.24) is 15.1 Å². The molecule has 0 unspecified atom stereocenters. The molecule has 8 heteroatoms. The number of anilines is 1. The standard InChI is InChI=1S/C24H22N4O2S.ClH/c1-15-12-13-31-22(15)23(29)25-21-14-17(24(30)28(2)3)9-8-16(21)10-11-20-18-6-4-5-7-19(18)26-27-20;/h4-14H,1-3H3,(H,25,29)(H,26,27);1H/b11-10+;. The maximum Gasteiger partial charge on any atom is 0.266 e. The summed E-state index contributed by atoms with van der Waals surface area (Å²) in [6.07, 6.45) is 3.79. The number of halogens is 1. The summed E-state index contributed by atoms with van der Waals surface area (Å²) in [6, 6.07) is 15.1. The van der Waals surface area contributed by atoms with Crippen LogP contribution in [0.1, 0.15) is 36.9 Å². The second kappa shape index (κ2) is 9.80. The van der Waals surface area contributed by atoms with E-state index < -0.39 is 0 Å². The molecule has 2 amide bonds. The van der Waals surface area contributed by atoms with Gasteiger partial charge in [-0.15, -0.1) is 23.7 Å². The van der Waals surface area contributed by atoms with Gasteiger partial charge in [-0.3, -0.25) is 14.7 Å². The van der Waals surface area contributed by atoms with E-state index in [1.165, 1.54) is 16.2 Å². The minimum Gasteiger partial charge on any atom is -0.345 e.